The van der Waals surface area contributed by atoms with Crippen LogP contribution in [0.25, 0.3) is 0 Å². The van der Waals surface area contributed by atoms with Gasteiger partial charge in [0.2, 0.25) is 5.95 Å². The summed E-state index contributed by atoms with van der Waals surface area (Å²) in [6, 6.07) is 0.513. The van der Waals surface area contributed by atoms with E-state index in [0.29, 0.717) is 22.8 Å². The van der Waals surface area contributed by atoms with Crippen LogP contribution in [-0.2, 0) is 0 Å². The van der Waals surface area contributed by atoms with Gasteiger partial charge in [-0.15, -0.1) is 0 Å². The minimum atomic E-state index is 0.342. The van der Waals surface area contributed by atoms with E-state index in [2.05, 4.69) is 46.5 Å². The topological polar surface area (TPSA) is 79.1 Å². The van der Waals surface area contributed by atoms with Crippen molar-refractivity contribution < 1.29 is 0 Å². The number of aromatic nitrogens is 2. The molecular weight excluding hydrogens is 240 g/mol. The van der Waals surface area contributed by atoms with Crippen molar-refractivity contribution in [2.75, 3.05) is 30.9 Å². The van der Waals surface area contributed by atoms with Gasteiger partial charge in [-0.1, -0.05) is 11.6 Å². The number of nitrogens with two attached hydrogens (primary N) is 1. The lowest BCUT2D eigenvalue weighted by molar-refractivity contribution is 0.284. The van der Waals surface area contributed by atoms with Crippen molar-refractivity contribution in [1.82, 2.24) is 14.9 Å². The van der Waals surface area contributed by atoms with E-state index in [1.807, 2.05) is 0 Å². The molecular formula is C10H19ClN6. The van der Waals surface area contributed by atoms with Crippen LogP contribution in [0, 0.1) is 0 Å². The van der Waals surface area contributed by atoms with Gasteiger partial charge in [0.25, 0.3) is 0 Å². The Morgan fingerprint density at radius 3 is 2.82 bits per heavy atom. The molecule has 1 aromatic heterocycles. The summed E-state index contributed by atoms with van der Waals surface area (Å²) in [7, 11) is 2.07. The summed E-state index contributed by atoms with van der Waals surface area (Å²) < 4.78 is 0. The fraction of sp³-hybridized carbons (Fsp3) is 0.600. The number of hydrazine groups is 1. The molecule has 0 aromatic carbocycles. The minimum absolute atomic E-state index is 0.342. The van der Waals surface area contributed by atoms with E-state index < -0.39 is 0 Å². The lowest BCUT2D eigenvalue weighted by Gasteiger charge is -2.21. The fourth-order valence-corrected chi connectivity index (χ4v) is 1.33. The molecule has 96 valence electrons. The van der Waals surface area contributed by atoms with Crippen LogP contribution in [0.4, 0.5) is 11.8 Å². The normalized spacial score (nSPS) is 11.0. The van der Waals surface area contributed by atoms with E-state index in [4.69, 9.17) is 17.4 Å². The highest BCUT2D eigenvalue weighted by Crippen LogP contribution is 2.18. The summed E-state index contributed by atoms with van der Waals surface area (Å²) in [6.45, 7) is 5.96. The molecule has 0 amide bonds. The van der Waals surface area contributed by atoms with E-state index in [-0.39, 0.29) is 0 Å². The molecule has 6 nitrogen and oxygen atoms in total. The highest BCUT2D eigenvalue weighted by atomic mass is 35.5. The molecule has 0 spiro atoms. The Labute approximate surface area is 107 Å². The van der Waals surface area contributed by atoms with E-state index in [1.165, 1.54) is 6.20 Å². The zero-order valence-electron chi connectivity index (χ0n) is 10.4. The van der Waals surface area contributed by atoms with Crippen LogP contribution in [0.3, 0.4) is 0 Å². The first-order chi connectivity index (χ1) is 8.04. The third kappa shape index (κ3) is 4.33. The molecule has 1 aromatic rings. The number of nitrogen functional groups attached to an aromatic ring is 1. The molecule has 4 N–H and O–H groups in total. The lowest BCUT2D eigenvalue weighted by Crippen LogP contribution is -2.31. The highest BCUT2D eigenvalue weighted by Gasteiger charge is 2.06. The van der Waals surface area contributed by atoms with Gasteiger partial charge in [0.15, 0.2) is 5.82 Å². The molecule has 17 heavy (non-hydrogen) atoms. The van der Waals surface area contributed by atoms with Crippen molar-refractivity contribution in [2.24, 2.45) is 5.84 Å². The van der Waals surface area contributed by atoms with Gasteiger partial charge < -0.3 is 10.2 Å². The van der Waals surface area contributed by atoms with Crippen LogP contribution < -0.4 is 16.6 Å². The lowest BCUT2D eigenvalue weighted by atomic mass is 10.3. The largest absolute Gasteiger partial charge is 0.367 e. The maximum atomic E-state index is 5.96. The average Bonchev–Trinajstić information content (AvgIpc) is 2.31. The Kier molecular flexibility index (Phi) is 5.40. The first kappa shape index (κ1) is 14.0. The standard InChI is InChI=1S/C10H19ClN6/c1-7(2)17(3)5-4-13-9-8(11)6-14-10(15-9)16-12/h6-7H,4-5,12H2,1-3H3,(H2,13,14,15,16). The van der Waals surface area contributed by atoms with Crippen LogP contribution in [0.15, 0.2) is 6.20 Å². The van der Waals surface area contributed by atoms with E-state index >= 15 is 0 Å². The number of hydrogen-bond acceptors (Lipinski definition) is 6. The van der Waals surface area contributed by atoms with Crippen molar-refractivity contribution in [3.05, 3.63) is 11.2 Å². The first-order valence-electron chi connectivity index (χ1n) is 5.48. The molecule has 0 aliphatic heterocycles. The maximum absolute atomic E-state index is 5.96. The Morgan fingerprint density at radius 2 is 2.24 bits per heavy atom. The molecule has 0 saturated heterocycles. The molecule has 0 radical (unpaired) electrons. The number of rotatable bonds is 6. The molecule has 7 heteroatoms. The predicted octanol–water partition coefficient (Wildman–Crippen LogP) is 1.17. The molecule has 1 heterocycles. The van der Waals surface area contributed by atoms with Crippen molar-refractivity contribution >= 4 is 23.4 Å². The van der Waals surface area contributed by atoms with Gasteiger partial charge in [0.05, 0.1) is 6.20 Å². The third-order valence-corrected chi connectivity index (χ3v) is 2.79. The molecule has 0 atom stereocenters. The number of anilines is 2. The quantitative estimate of drug-likeness (QED) is 0.525. The average molecular weight is 259 g/mol. The van der Waals surface area contributed by atoms with Crippen LogP contribution in [0.5, 0.6) is 0 Å². The first-order valence-corrected chi connectivity index (χ1v) is 5.85. The highest BCUT2D eigenvalue weighted by molar-refractivity contribution is 6.32. The summed E-state index contributed by atoms with van der Waals surface area (Å²) in [5.41, 5.74) is 2.38. The van der Waals surface area contributed by atoms with E-state index in [9.17, 15) is 0 Å². The van der Waals surface area contributed by atoms with Crippen LogP contribution in [0.1, 0.15) is 13.8 Å². The second-order valence-electron chi connectivity index (χ2n) is 4.04. The number of halogens is 1. The van der Waals surface area contributed by atoms with Gasteiger partial charge >= 0.3 is 0 Å². The number of nitrogens with one attached hydrogen (secondary N) is 2. The monoisotopic (exact) mass is 258 g/mol. The predicted molar refractivity (Wildman–Crippen MR) is 71.1 cm³/mol. The summed E-state index contributed by atoms with van der Waals surface area (Å²) in [6.07, 6.45) is 1.51. The van der Waals surface area contributed by atoms with E-state index in [1.54, 1.807) is 0 Å². The van der Waals surface area contributed by atoms with E-state index in [0.717, 1.165) is 13.1 Å². The minimum Gasteiger partial charge on any atom is -0.367 e. The Hall–Kier alpha value is -1.11. The van der Waals surface area contributed by atoms with Crippen LogP contribution in [-0.4, -0.2) is 41.0 Å². The molecule has 1 rings (SSSR count). The van der Waals surface area contributed by atoms with Gasteiger partial charge in [0, 0.05) is 19.1 Å². The van der Waals surface area contributed by atoms with Crippen molar-refractivity contribution in [2.45, 2.75) is 19.9 Å². The zero-order chi connectivity index (χ0) is 12.8. The second-order valence-corrected chi connectivity index (χ2v) is 4.44. The summed E-state index contributed by atoms with van der Waals surface area (Å²) >= 11 is 5.96. The Balaban J connectivity index is 2.51. The molecule has 0 aliphatic carbocycles. The van der Waals surface area contributed by atoms with Gasteiger partial charge in [0.1, 0.15) is 5.02 Å². The van der Waals surface area contributed by atoms with Crippen LogP contribution in [0.2, 0.25) is 5.02 Å². The van der Waals surface area contributed by atoms with Crippen molar-refractivity contribution in [1.29, 1.82) is 0 Å². The molecule has 0 aliphatic rings. The smallest absolute Gasteiger partial charge is 0.239 e. The Morgan fingerprint density at radius 1 is 1.53 bits per heavy atom. The Bertz CT molecular complexity index is 357. The van der Waals surface area contributed by atoms with Gasteiger partial charge in [-0.25, -0.2) is 10.8 Å². The molecule has 0 bridgehead atoms. The van der Waals surface area contributed by atoms with Gasteiger partial charge in [-0.3, -0.25) is 5.43 Å². The number of nitrogens with zero attached hydrogens (tertiary/aromatic N) is 3. The van der Waals surface area contributed by atoms with Crippen LogP contribution >= 0.6 is 11.6 Å². The van der Waals surface area contributed by atoms with Crippen molar-refractivity contribution in [3.8, 4) is 0 Å². The molecule has 0 fully saturated rings. The maximum Gasteiger partial charge on any atom is 0.239 e. The summed E-state index contributed by atoms with van der Waals surface area (Å²) in [5.74, 6) is 6.16. The number of likely N-dealkylation sites (N-methyl/N-ethyl adjacent to an activating group) is 1. The van der Waals surface area contributed by atoms with Gasteiger partial charge in [-0.2, -0.15) is 4.98 Å². The fourth-order valence-electron chi connectivity index (χ4n) is 1.17. The second kappa shape index (κ2) is 6.58. The SMILES string of the molecule is CC(C)N(C)CCNc1nc(NN)ncc1Cl. The molecule has 0 saturated carbocycles. The van der Waals surface area contributed by atoms with Crippen molar-refractivity contribution in [3.63, 3.8) is 0 Å². The zero-order valence-corrected chi connectivity index (χ0v) is 11.1. The summed E-state index contributed by atoms with van der Waals surface area (Å²) in [5, 5.41) is 3.64. The van der Waals surface area contributed by atoms with Gasteiger partial charge in [-0.05, 0) is 20.9 Å². The number of hydrogen-bond donors (Lipinski definition) is 3. The molecule has 0 unspecified atom stereocenters. The third-order valence-electron chi connectivity index (χ3n) is 2.51. The summed E-state index contributed by atoms with van der Waals surface area (Å²) in [4.78, 5) is 10.2.